The summed E-state index contributed by atoms with van der Waals surface area (Å²) in [6.07, 6.45) is 0. The second-order valence-corrected chi connectivity index (χ2v) is 7.89. The third kappa shape index (κ3) is 3.65. The maximum atomic E-state index is 12.1. The molecule has 2 rings (SSSR count). The molecule has 0 amide bonds. The van der Waals surface area contributed by atoms with Gasteiger partial charge in [0.1, 0.15) is 15.0 Å². The predicted octanol–water partition coefficient (Wildman–Crippen LogP) is 3.54. The molecule has 0 aliphatic carbocycles. The number of hydrogen-bond acceptors (Lipinski definition) is 4. The molecule has 0 bridgehead atoms. The highest BCUT2D eigenvalue weighted by atomic mass is 35.5. The van der Waals surface area contributed by atoms with Crippen LogP contribution in [-0.4, -0.2) is 15.5 Å². The van der Waals surface area contributed by atoms with Crippen molar-refractivity contribution < 1.29 is 13.2 Å². The van der Waals surface area contributed by atoms with Crippen LogP contribution in [0.5, 0.6) is 5.75 Å². The van der Waals surface area contributed by atoms with Crippen molar-refractivity contribution in [2.75, 3.05) is 7.11 Å². The Morgan fingerprint density at radius 1 is 1.30 bits per heavy atom. The Balaban J connectivity index is 2.15. The molecule has 0 fully saturated rings. The van der Waals surface area contributed by atoms with Gasteiger partial charge in [-0.25, -0.2) is 13.1 Å². The molecule has 0 spiro atoms. The number of nitrogens with one attached hydrogen (secondary N) is 1. The number of sulfonamides is 1. The van der Waals surface area contributed by atoms with Gasteiger partial charge < -0.3 is 4.74 Å². The van der Waals surface area contributed by atoms with Gasteiger partial charge >= 0.3 is 0 Å². The van der Waals surface area contributed by atoms with Crippen molar-refractivity contribution >= 4 is 44.6 Å². The molecule has 2 aromatic rings. The molecule has 4 nitrogen and oxygen atoms in total. The van der Waals surface area contributed by atoms with Gasteiger partial charge in [-0.1, -0.05) is 35.3 Å². The van der Waals surface area contributed by atoms with Crippen molar-refractivity contribution in [1.29, 1.82) is 0 Å². The molecule has 1 N–H and O–H groups in total. The molecule has 0 aliphatic heterocycles. The third-order valence-electron chi connectivity index (χ3n) is 2.52. The zero-order chi connectivity index (χ0) is 14.8. The van der Waals surface area contributed by atoms with Crippen LogP contribution in [0.15, 0.2) is 35.2 Å². The van der Waals surface area contributed by atoms with Crippen molar-refractivity contribution in [3.8, 4) is 5.75 Å². The molecule has 8 heteroatoms. The van der Waals surface area contributed by atoms with Crippen LogP contribution in [0.3, 0.4) is 0 Å². The van der Waals surface area contributed by atoms with Crippen molar-refractivity contribution in [2.45, 2.75) is 11.4 Å². The van der Waals surface area contributed by atoms with Gasteiger partial charge in [-0.15, -0.1) is 11.3 Å². The third-order valence-corrected chi connectivity index (χ3v) is 5.67. The van der Waals surface area contributed by atoms with Gasteiger partial charge in [0.25, 0.3) is 0 Å². The monoisotopic (exact) mass is 351 g/mol. The number of ether oxygens (including phenoxy) is 1. The minimum atomic E-state index is -3.68. The van der Waals surface area contributed by atoms with E-state index in [1.807, 2.05) is 0 Å². The van der Waals surface area contributed by atoms with Gasteiger partial charge in [-0.3, -0.25) is 0 Å². The zero-order valence-electron chi connectivity index (χ0n) is 10.4. The summed E-state index contributed by atoms with van der Waals surface area (Å²) in [6.45, 7) is 0.142. The molecule has 1 aromatic heterocycles. The minimum absolute atomic E-state index is 0.00272. The molecule has 0 unspecified atom stereocenters. The maximum absolute atomic E-state index is 12.1. The van der Waals surface area contributed by atoms with Crippen LogP contribution in [0, 0.1) is 0 Å². The van der Waals surface area contributed by atoms with E-state index in [0.29, 0.717) is 10.1 Å². The Morgan fingerprint density at radius 2 is 2.05 bits per heavy atom. The summed E-state index contributed by atoms with van der Waals surface area (Å²) >= 11 is 12.6. The molecule has 0 aliphatic rings. The fraction of sp³-hybridized carbons (Fsp3) is 0.167. The van der Waals surface area contributed by atoms with E-state index in [0.717, 1.165) is 16.9 Å². The largest absolute Gasteiger partial charge is 0.497 e. The normalized spacial score (nSPS) is 11.6. The predicted molar refractivity (Wildman–Crippen MR) is 81.4 cm³/mol. The van der Waals surface area contributed by atoms with E-state index in [4.69, 9.17) is 27.9 Å². The molecule has 108 valence electrons. The van der Waals surface area contributed by atoms with E-state index in [9.17, 15) is 8.42 Å². The molecule has 20 heavy (non-hydrogen) atoms. The lowest BCUT2D eigenvalue weighted by Gasteiger charge is -2.07. The van der Waals surface area contributed by atoms with Crippen molar-refractivity contribution in [3.63, 3.8) is 0 Å². The zero-order valence-corrected chi connectivity index (χ0v) is 13.5. The maximum Gasteiger partial charge on any atom is 0.243 e. The van der Waals surface area contributed by atoms with E-state index >= 15 is 0 Å². The van der Waals surface area contributed by atoms with Crippen molar-refractivity contribution in [2.24, 2.45) is 0 Å². The molecule has 1 heterocycles. The summed E-state index contributed by atoms with van der Waals surface area (Å²) in [6, 6.07) is 8.46. The average Bonchev–Trinajstić information content (AvgIpc) is 2.77. The van der Waals surface area contributed by atoms with Crippen molar-refractivity contribution in [3.05, 3.63) is 44.6 Å². The van der Waals surface area contributed by atoms with Crippen LogP contribution in [0.1, 0.15) is 5.56 Å². The number of rotatable bonds is 5. The molecule has 0 atom stereocenters. The second-order valence-electron chi connectivity index (χ2n) is 3.86. The Labute approximate surface area is 131 Å². The first-order valence-corrected chi connectivity index (χ1v) is 8.55. The number of methoxy groups -OCH3 is 1. The summed E-state index contributed by atoms with van der Waals surface area (Å²) in [5, 5.41) is 0. The van der Waals surface area contributed by atoms with Gasteiger partial charge in [0.2, 0.25) is 10.0 Å². The molecule has 1 aromatic carbocycles. The second kappa shape index (κ2) is 6.32. The van der Waals surface area contributed by atoms with Crippen LogP contribution < -0.4 is 9.46 Å². The van der Waals surface area contributed by atoms with Crippen LogP contribution >= 0.6 is 34.5 Å². The van der Waals surface area contributed by atoms with E-state index in [2.05, 4.69) is 4.72 Å². The fourth-order valence-corrected chi connectivity index (χ4v) is 4.71. The average molecular weight is 352 g/mol. The number of benzene rings is 1. The standard InChI is InChI=1S/C12H11Cl2NO3S2/c1-18-9-4-2-3-8(5-9)7-15-20(16,17)10-6-11(13)19-12(10)14/h2-6,15H,7H2,1H3. The Bertz CT molecular complexity index is 713. The van der Waals surface area contributed by atoms with Crippen LogP contribution in [0.2, 0.25) is 8.67 Å². The first kappa shape index (κ1) is 15.6. The highest BCUT2D eigenvalue weighted by molar-refractivity contribution is 7.89. The highest BCUT2D eigenvalue weighted by Gasteiger charge is 2.20. The smallest absolute Gasteiger partial charge is 0.243 e. The molecule has 0 saturated heterocycles. The molecule has 0 radical (unpaired) electrons. The number of thiophene rings is 1. The summed E-state index contributed by atoms with van der Waals surface area (Å²) in [5.41, 5.74) is 0.783. The van der Waals surface area contributed by atoms with E-state index in [1.165, 1.54) is 6.07 Å². The minimum Gasteiger partial charge on any atom is -0.497 e. The van der Waals surface area contributed by atoms with E-state index in [1.54, 1.807) is 31.4 Å². The lowest BCUT2D eigenvalue weighted by atomic mass is 10.2. The van der Waals surface area contributed by atoms with E-state index < -0.39 is 10.0 Å². The van der Waals surface area contributed by atoms with Gasteiger partial charge in [0, 0.05) is 6.54 Å². The topological polar surface area (TPSA) is 55.4 Å². The first-order valence-electron chi connectivity index (χ1n) is 5.50. The molecular formula is C12H11Cl2NO3S2. The van der Waals surface area contributed by atoms with Crippen LogP contribution in [0.25, 0.3) is 0 Å². The fourth-order valence-electron chi connectivity index (χ4n) is 1.55. The number of hydrogen-bond donors (Lipinski definition) is 1. The summed E-state index contributed by atoms with van der Waals surface area (Å²) in [7, 11) is -2.13. The highest BCUT2D eigenvalue weighted by Crippen LogP contribution is 2.34. The number of halogens is 2. The Kier molecular flexibility index (Phi) is 4.93. The lowest BCUT2D eigenvalue weighted by Crippen LogP contribution is -2.23. The lowest BCUT2D eigenvalue weighted by molar-refractivity contribution is 0.414. The summed E-state index contributed by atoms with van der Waals surface area (Å²) in [5.74, 6) is 0.665. The van der Waals surface area contributed by atoms with Gasteiger partial charge in [0.05, 0.1) is 11.4 Å². The molecule has 0 saturated carbocycles. The summed E-state index contributed by atoms with van der Waals surface area (Å²) < 4.78 is 32.3. The Hall–Kier alpha value is -0.790. The Morgan fingerprint density at radius 3 is 2.65 bits per heavy atom. The summed E-state index contributed by atoms with van der Waals surface area (Å²) in [4.78, 5) is -0.00272. The SMILES string of the molecule is COc1cccc(CNS(=O)(=O)c2cc(Cl)sc2Cl)c1. The van der Waals surface area contributed by atoms with Gasteiger partial charge in [-0.2, -0.15) is 0 Å². The first-order chi connectivity index (χ1) is 9.42. The van der Waals surface area contributed by atoms with Crippen molar-refractivity contribution in [1.82, 2.24) is 4.72 Å². The van der Waals surface area contributed by atoms with Crippen LogP contribution in [-0.2, 0) is 16.6 Å². The quantitative estimate of drug-likeness (QED) is 0.896. The van der Waals surface area contributed by atoms with E-state index in [-0.39, 0.29) is 15.8 Å². The molecular weight excluding hydrogens is 341 g/mol. The van der Waals surface area contributed by atoms with Gasteiger partial charge in [-0.05, 0) is 23.8 Å². The van der Waals surface area contributed by atoms with Gasteiger partial charge in [0.15, 0.2) is 0 Å². The van der Waals surface area contributed by atoms with Crippen LogP contribution in [0.4, 0.5) is 0 Å².